The Kier molecular flexibility index (Phi) is 6.23. The molecule has 0 saturated heterocycles. The van der Waals surface area contributed by atoms with Gasteiger partial charge in [0.25, 0.3) is 0 Å². The molecule has 0 radical (unpaired) electrons. The molecule has 0 saturated carbocycles. The first-order valence-corrected chi connectivity index (χ1v) is 6.77. The summed E-state index contributed by atoms with van der Waals surface area (Å²) in [6, 6.07) is 3.40. The smallest absolute Gasteiger partial charge is 0.239 e. The molecule has 0 aromatic carbocycles. The van der Waals surface area contributed by atoms with Crippen molar-refractivity contribution in [1.29, 1.82) is 0 Å². The van der Waals surface area contributed by atoms with Crippen LogP contribution in [0.3, 0.4) is 0 Å². The fourth-order valence-electron chi connectivity index (χ4n) is 1.45. The van der Waals surface area contributed by atoms with Crippen molar-refractivity contribution in [3.63, 3.8) is 0 Å². The number of pyridine rings is 1. The van der Waals surface area contributed by atoms with Crippen LogP contribution in [0.15, 0.2) is 12.1 Å². The van der Waals surface area contributed by atoms with Gasteiger partial charge in [0.15, 0.2) is 0 Å². The summed E-state index contributed by atoms with van der Waals surface area (Å²) in [4.78, 5) is 15.8. The van der Waals surface area contributed by atoms with Crippen molar-refractivity contribution in [2.75, 3.05) is 37.9 Å². The Labute approximate surface area is 125 Å². The second-order valence-electron chi connectivity index (χ2n) is 5.50. The number of nitrogens with two attached hydrogens (primary N) is 1. The predicted molar refractivity (Wildman–Crippen MR) is 82.4 cm³/mol. The van der Waals surface area contributed by atoms with Gasteiger partial charge in [-0.3, -0.25) is 4.79 Å². The number of carbonyl (C=O) groups excluding carboxylic acids is 1. The molecule has 0 bridgehead atoms. The summed E-state index contributed by atoms with van der Waals surface area (Å²) in [5, 5.41) is 5.63. The molecule has 1 amide bonds. The van der Waals surface area contributed by atoms with Gasteiger partial charge in [0, 0.05) is 13.7 Å². The molecule has 0 atom stereocenters. The van der Waals surface area contributed by atoms with Gasteiger partial charge in [-0.05, 0) is 32.9 Å². The predicted octanol–water partition coefficient (Wildman–Crippen LogP) is 1.02. The van der Waals surface area contributed by atoms with Gasteiger partial charge in [0.2, 0.25) is 11.8 Å². The zero-order valence-corrected chi connectivity index (χ0v) is 13.0. The molecule has 0 spiro atoms. The average Bonchev–Trinajstić information content (AvgIpc) is 2.38. The molecule has 0 aliphatic heterocycles. The lowest BCUT2D eigenvalue weighted by molar-refractivity contribution is -0.119. The molecule has 21 heavy (non-hydrogen) atoms. The highest BCUT2D eigenvalue weighted by atomic mass is 16.5. The van der Waals surface area contributed by atoms with Crippen molar-refractivity contribution in [3.8, 4) is 5.88 Å². The third-order valence-electron chi connectivity index (χ3n) is 2.35. The van der Waals surface area contributed by atoms with Crippen LogP contribution >= 0.6 is 0 Å². The minimum atomic E-state index is -0.392. The normalized spacial score (nSPS) is 11.0. The molecule has 1 aromatic rings. The van der Waals surface area contributed by atoms with Gasteiger partial charge in [-0.1, -0.05) is 0 Å². The summed E-state index contributed by atoms with van der Waals surface area (Å²) >= 11 is 0. The Balaban J connectivity index is 2.56. The molecular weight excluding hydrogens is 272 g/mol. The molecule has 1 aromatic heterocycles. The van der Waals surface area contributed by atoms with E-state index in [0.29, 0.717) is 30.5 Å². The maximum Gasteiger partial charge on any atom is 0.239 e. The second kappa shape index (κ2) is 7.68. The van der Waals surface area contributed by atoms with E-state index in [1.54, 1.807) is 19.2 Å². The average molecular weight is 296 g/mol. The molecular formula is C14H24N4O3. The van der Waals surface area contributed by atoms with E-state index in [2.05, 4.69) is 15.6 Å². The number of rotatable bonds is 7. The Morgan fingerprint density at radius 1 is 1.38 bits per heavy atom. The fraction of sp³-hybridized carbons (Fsp3) is 0.571. The summed E-state index contributed by atoms with van der Waals surface area (Å²) in [5.74, 6) is 0.751. The van der Waals surface area contributed by atoms with E-state index < -0.39 is 5.60 Å². The van der Waals surface area contributed by atoms with E-state index in [0.717, 1.165) is 0 Å². The quantitative estimate of drug-likeness (QED) is 0.650. The zero-order valence-electron chi connectivity index (χ0n) is 13.0. The molecule has 7 heteroatoms. The first kappa shape index (κ1) is 17.0. The van der Waals surface area contributed by atoms with E-state index >= 15 is 0 Å². The van der Waals surface area contributed by atoms with Crippen LogP contribution in [0.1, 0.15) is 20.8 Å². The molecule has 7 nitrogen and oxygen atoms in total. The van der Waals surface area contributed by atoms with Gasteiger partial charge in [-0.2, -0.15) is 4.98 Å². The maximum atomic E-state index is 11.6. The van der Waals surface area contributed by atoms with Crippen molar-refractivity contribution in [1.82, 2.24) is 10.3 Å². The summed E-state index contributed by atoms with van der Waals surface area (Å²) < 4.78 is 10.5. The number of anilines is 2. The molecule has 1 heterocycles. The lowest BCUT2D eigenvalue weighted by Crippen LogP contribution is -2.32. The van der Waals surface area contributed by atoms with Crippen LogP contribution in [0.4, 0.5) is 11.5 Å². The third kappa shape index (κ3) is 6.80. The van der Waals surface area contributed by atoms with Crippen LogP contribution in [0.2, 0.25) is 0 Å². The van der Waals surface area contributed by atoms with Crippen molar-refractivity contribution in [3.05, 3.63) is 12.1 Å². The first-order chi connectivity index (χ1) is 9.81. The van der Waals surface area contributed by atoms with Crippen LogP contribution in [-0.2, 0) is 9.53 Å². The van der Waals surface area contributed by atoms with E-state index in [1.165, 1.54) is 0 Å². The molecule has 1 rings (SSSR count). The number of nitrogens with one attached hydrogen (secondary N) is 2. The number of nitrogen functional groups attached to an aromatic ring is 1. The molecule has 4 N–H and O–H groups in total. The number of carbonyl (C=O) groups is 1. The highest BCUT2D eigenvalue weighted by Gasteiger charge is 2.15. The van der Waals surface area contributed by atoms with Crippen molar-refractivity contribution < 1.29 is 14.3 Å². The number of hydrogen-bond acceptors (Lipinski definition) is 6. The standard InChI is InChI=1S/C14H24N4O3/c1-14(2,3)21-13-10(15)5-6-11(18-13)17-9-12(19)16-7-8-20-4/h5-6H,7-9,15H2,1-4H3,(H,16,19)(H,17,18). The SMILES string of the molecule is COCCNC(=O)CNc1ccc(N)c(OC(C)(C)C)n1. The van der Waals surface area contributed by atoms with Crippen LogP contribution < -0.4 is 21.1 Å². The minimum Gasteiger partial charge on any atom is -0.470 e. The maximum absolute atomic E-state index is 11.6. The van der Waals surface area contributed by atoms with E-state index in [9.17, 15) is 4.79 Å². The number of ether oxygens (including phenoxy) is 2. The Hall–Kier alpha value is -2.02. The monoisotopic (exact) mass is 296 g/mol. The van der Waals surface area contributed by atoms with Gasteiger partial charge < -0.3 is 25.8 Å². The van der Waals surface area contributed by atoms with Crippen LogP contribution in [0, 0.1) is 0 Å². The van der Waals surface area contributed by atoms with Gasteiger partial charge in [0.05, 0.1) is 18.8 Å². The Morgan fingerprint density at radius 3 is 2.71 bits per heavy atom. The van der Waals surface area contributed by atoms with Crippen molar-refractivity contribution >= 4 is 17.4 Å². The first-order valence-electron chi connectivity index (χ1n) is 6.77. The number of methoxy groups -OCH3 is 1. The highest BCUT2D eigenvalue weighted by Crippen LogP contribution is 2.24. The van der Waals surface area contributed by atoms with E-state index in [4.69, 9.17) is 15.2 Å². The van der Waals surface area contributed by atoms with Crippen LogP contribution in [0.25, 0.3) is 0 Å². The van der Waals surface area contributed by atoms with E-state index in [-0.39, 0.29) is 12.5 Å². The van der Waals surface area contributed by atoms with Gasteiger partial charge >= 0.3 is 0 Å². The van der Waals surface area contributed by atoms with E-state index in [1.807, 2.05) is 20.8 Å². The van der Waals surface area contributed by atoms with Gasteiger partial charge in [-0.15, -0.1) is 0 Å². The molecule has 0 fully saturated rings. The summed E-state index contributed by atoms with van der Waals surface area (Å²) in [7, 11) is 1.58. The zero-order chi connectivity index (χ0) is 15.9. The van der Waals surface area contributed by atoms with Gasteiger partial charge in [-0.25, -0.2) is 0 Å². The van der Waals surface area contributed by atoms with Crippen molar-refractivity contribution in [2.24, 2.45) is 0 Å². The summed E-state index contributed by atoms with van der Waals surface area (Å²) in [6.45, 7) is 6.82. The van der Waals surface area contributed by atoms with Crippen molar-refractivity contribution in [2.45, 2.75) is 26.4 Å². The molecule has 0 aliphatic carbocycles. The highest BCUT2D eigenvalue weighted by molar-refractivity contribution is 5.80. The Morgan fingerprint density at radius 2 is 2.10 bits per heavy atom. The Bertz CT molecular complexity index is 472. The number of nitrogens with zero attached hydrogens (tertiary/aromatic N) is 1. The molecule has 0 unspecified atom stereocenters. The largest absolute Gasteiger partial charge is 0.470 e. The number of hydrogen-bond donors (Lipinski definition) is 3. The lowest BCUT2D eigenvalue weighted by atomic mass is 10.2. The van der Waals surface area contributed by atoms with Gasteiger partial charge in [0.1, 0.15) is 11.4 Å². The topological polar surface area (TPSA) is 98.5 Å². The second-order valence-corrected chi connectivity index (χ2v) is 5.50. The number of amides is 1. The fourth-order valence-corrected chi connectivity index (χ4v) is 1.45. The third-order valence-corrected chi connectivity index (χ3v) is 2.35. The molecule has 118 valence electrons. The molecule has 0 aliphatic rings. The summed E-state index contributed by atoms with van der Waals surface area (Å²) in [6.07, 6.45) is 0. The summed E-state index contributed by atoms with van der Waals surface area (Å²) in [5.41, 5.74) is 5.89. The van der Waals surface area contributed by atoms with Crippen LogP contribution in [0.5, 0.6) is 5.88 Å². The van der Waals surface area contributed by atoms with Crippen LogP contribution in [-0.4, -0.2) is 43.3 Å². The number of aromatic nitrogens is 1. The minimum absolute atomic E-state index is 0.121. The lowest BCUT2D eigenvalue weighted by Gasteiger charge is -2.21.